The molecule has 0 radical (unpaired) electrons. The van der Waals surface area contributed by atoms with Crippen LogP contribution >= 0.6 is 12.2 Å². The summed E-state index contributed by atoms with van der Waals surface area (Å²) >= 11 is 5.20. The lowest BCUT2D eigenvalue weighted by Crippen LogP contribution is -2.43. The number of hydrogen-bond donors (Lipinski definition) is 2. The minimum Gasteiger partial charge on any atom is -0.435 e. The summed E-state index contributed by atoms with van der Waals surface area (Å²) in [7, 11) is 0. The van der Waals surface area contributed by atoms with E-state index in [-0.39, 0.29) is 22.8 Å². The number of thiocarbonyl (C=S) groups is 1. The number of benzene rings is 1. The summed E-state index contributed by atoms with van der Waals surface area (Å²) in [5, 5.41) is 6.37. The maximum atomic E-state index is 12.2. The molecule has 0 heterocycles. The molecule has 2 N–H and O–H groups in total. The molecule has 0 spiro atoms. The maximum Gasteiger partial charge on any atom is 0.387 e. The molecule has 0 aliphatic heterocycles. The third-order valence-electron chi connectivity index (χ3n) is 3.27. The molecule has 1 atom stereocenters. The Labute approximate surface area is 134 Å². The zero-order valence-corrected chi connectivity index (χ0v) is 13.8. The molecule has 0 aliphatic rings. The predicted octanol–water partition coefficient (Wildman–Crippen LogP) is 3.82. The number of halogens is 2. The van der Waals surface area contributed by atoms with Crippen molar-refractivity contribution in [2.45, 2.75) is 40.3 Å². The highest BCUT2D eigenvalue weighted by molar-refractivity contribution is 7.80. The van der Waals surface area contributed by atoms with Crippen LogP contribution in [0, 0.1) is 5.41 Å². The molecule has 0 amide bonds. The van der Waals surface area contributed by atoms with Crippen molar-refractivity contribution in [1.82, 2.24) is 5.32 Å². The average molecular weight is 330 g/mol. The molecule has 0 fully saturated rings. The Kier molecular flexibility index (Phi) is 6.22. The number of alkyl halides is 2. The van der Waals surface area contributed by atoms with E-state index in [1.54, 1.807) is 0 Å². The molecule has 4 nitrogen and oxygen atoms in total. The quantitative estimate of drug-likeness (QED) is 0.635. The molecule has 1 aromatic rings. The zero-order chi connectivity index (χ0) is 16.9. The second-order valence-corrected chi connectivity index (χ2v) is 6.34. The SMILES string of the molecule is C[C@H](NC(=S)Nc1ccc(OC(F)F)cc1C=O)C(C)(C)C. The molecule has 122 valence electrons. The highest BCUT2D eigenvalue weighted by Gasteiger charge is 2.20. The monoisotopic (exact) mass is 330 g/mol. The molecule has 22 heavy (non-hydrogen) atoms. The molecular weight excluding hydrogens is 310 g/mol. The molecule has 0 aliphatic carbocycles. The van der Waals surface area contributed by atoms with E-state index in [1.165, 1.54) is 18.2 Å². The predicted molar refractivity (Wildman–Crippen MR) is 86.7 cm³/mol. The third kappa shape index (κ3) is 5.55. The number of rotatable bonds is 5. The molecule has 0 unspecified atom stereocenters. The topological polar surface area (TPSA) is 50.4 Å². The molecule has 0 aromatic heterocycles. The van der Waals surface area contributed by atoms with Crippen molar-refractivity contribution in [2.75, 3.05) is 5.32 Å². The summed E-state index contributed by atoms with van der Waals surface area (Å²) in [5.41, 5.74) is 0.620. The number of hydrogen-bond acceptors (Lipinski definition) is 3. The van der Waals surface area contributed by atoms with Crippen molar-refractivity contribution in [3.8, 4) is 5.75 Å². The van der Waals surface area contributed by atoms with Crippen molar-refractivity contribution in [2.24, 2.45) is 5.41 Å². The van der Waals surface area contributed by atoms with Crippen molar-refractivity contribution >= 4 is 29.3 Å². The molecule has 0 saturated carbocycles. The summed E-state index contributed by atoms with van der Waals surface area (Å²) in [6.45, 7) is 5.27. The van der Waals surface area contributed by atoms with Crippen molar-refractivity contribution in [1.29, 1.82) is 0 Å². The van der Waals surface area contributed by atoms with Crippen LogP contribution in [0.3, 0.4) is 0 Å². The summed E-state index contributed by atoms with van der Waals surface area (Å²) < 4.78 is 28.6. The fourth-order valence-electron chi connectivity index (χ4n) is 1.50. The first-order valence-electron chi connectivity index (χ1n) is 6.75. The standard InChI is InChI=1S/C15H20F2N2O2S/c1-9(15(2,3)4)18-14(22)19-12-6-5-11(21-13(16)17)7-10(12)8-20/h5-9,13H,1-4H3,(H2,18,19,22)/t9-/m0/s1. The average Bonchev–Trinajstić information content (AvgIpc) is 2.38. The van der Waals surface area contributed by atoms with Gasteiger partial charge in [0.1, 0.15) is 5.75 Å². The lowest BCUT2D eigenvalue weighted by atomic mass is 9.88. The highest BCUT2D eigenvalue weighted by atomic mass is 32.1. The van der Waals surface area contributed by atoms with Crippen LogP contribution in [0.1, 0.15) is 38.1 Å². The van der Waals surface area contributed by atoms with E-state index in [2.05, 4.69) is 36.1 Å². The third-order valence-corrected chi connectivity index (χ3v) is 3.49. The van der Waals surface area contributed by atoms with Gasteiger partial charge in [-0.25, -0.2) is 0 Å². The van der Waals surface area contributed by atoms with Gasteiger partial charge in [-0.3, -0.25) is 4.79 Å². The van der Waals surface area contributed by atoms with Crippen molar-refractivity contribution in [3.05, 3.63) is 23.8 Å². The van der Waals surface area contributed by atoms with Gasteiger partial charge < -0.3 is 15.4 Å². The summed E-state index contributed by atoms with van der Waals surface area (Å²) in [6.07, 6.45) is 0.552. The van der Waals surface area contributed by atoms with E-state index in [4.69, 9.17) is 12.2 Å². The molecule has 1 aromatic carbocycles. The van der Waals surface area contributed by atoms with Crippen LogP contribution in [-0.2, 0) is 0 Å². The van der Waals surface area contributed by atoms with E-state index < -0.39 is 6.61 Å². The molecule has 0 saturated heterocycles. The van der Waals surface area contributed by atoms with Gasteiger partial charge in [0.15, 0.2) is 11.4 Å². The zero-order valence-electron chi connectivity index (χ0n) is 12.9. The number of nitrogens with one attached hydrogen (secondary N) is 2. The number of anilines is 1. The maximum absolute atomic E-state index is 12.2. The van der Waals surface area contributed by atoms with Gasteiger partial charge in [-0.15, -0.1) is 0 Å². The smallest absolute Gasteiger partial charge is 0.387 e. The molecular formula is C15H20F2N2O2S. The van der Waals surface area contributed by atoms with Gasteiger partial charge in [-0.1, -0.05) is 20.8 Å². The Bertz CT molecular complexity index is 545. The fraction of sp³-hybridized carbons (Fsp3) is 0.467. The first-order chi connectivity index (χ1) is 10.1. The van der Waals surface area contributed by atoms with Gasteiger partial charge in [0.25, 0.3) is 0 Å². The van der Waals surface area contributed by atoms with Crippen LogP contribution in [0.25, 0.3) is 0 Å². The number of carbonyl (C=O) groups is 1. The van der Waals surface area contributed by atoms with Gasteiger partial charge in [-0.05, 0) is 42.8 Å². The fourth-order valence-corrected chi connectivity index (χ4v) is 1.79. The van der Waals surface area contributed by atoms with Gasteiger partial charge in [0.2, 0.25) is 0 Å². The van der Waals surface area contributed by atoms with E-state index >= 15 is 0 Å². The Hall–Kier alpha value is -1.76. The van der Waals surface area contributed by atoms with E-state index in [0.717, 1.165) is 0 Å². The highest BCUT2D eigenvalue weighted by Crippen LogP contribution is 2.23. The van der Waals surface area contributed by atoms with Gasteiger partial charge in [0, 0.05) is 11.6 Å². The second-order valence-electron chi connectivity index (χ2n) is 5.93. The molecule has 0 bridgehead atoms. The molecule has 1 rings (SSSR count). The van der Waals surface area contributed by atoms with E-state index in [9.17, 15) is 13.6 Å². The number of aldehydes is 1. The van der Waals surface area contributed by atoms with E-state index in [0.29, 0.717) is 17.1 Å². The minimum absolute atomic E-state index is 0.00813. The van der Waals surface area contributed by atoms with Crippen LogP contribution < -0.4 is 15.4 Å². The summed E-state index contributed by atoms with van der Waals surface area (Å²) in [4.78, 5) is 11.1. The Balaban J connectivity index is 2.80. The van der Waals surface area contributed by atoms with Crippen LogP contribution in [0.15, 0.2) is 18.2 Å². The van der Waals surface area contributed by atoms with E-state index in [1.807, 2.05) is 6.92 Å². The summed E-state index contributed by atoms with van der Waals surface area (Å²) in [5.74, 6) is -0.0791. The second kappa shape index (κ2) is 7.49. The van der Waals surface area contributed by atoms with Crippen molar-refractivity contribution in [3.63, 3.8) is 0 Å². The van der Waals surface area contributed by atoms with Crippen LogP contribution in [0.2, 0.25) is 0 Å². The Morgan fingerprint density at radius 3 is 2.50 bits per heavy atom. The first-order valence-corrected chi connectivity index (χ1v) is 7.16. The van der Waals surface area contributed by atoms with Crippen LogP contribution in [-0.4, -0.2) is 24.1 Å². The minimum atomic E-state index is -2.94. The largest absolute Gasteiger partial charge is 0.435 e. The summed E-state index contributed by atoms with van der Waals surface area (Å²) in [6, 6.07) is 4.15. The normalized spacial score (nSPS) is 12.7. The lowest BCUT2D eigenvalue weighted by Gasteiger charge is -2.29. The number of ether oxygens (including phenoxy) is 1. The van der Waals surface area contributed by atoms with Gasteiger partial charge >= 0.3 is 6.61 Å². The first kappa shape index (κ1) is 18.3. The Morgan fingerprint density at radius 1 is 1.36 bits per heavy atom. The lowest BCUT2D eigenvalue weighted by molar-refractivity contribution is -0.0498. The van der Waals surface area contributed by atoms with Crippen LogP contribution in [0.5, 0.6) is 5.75 Å². The molecule has 7 heteroatoms. The van der Waals surface area contributed by atoms with Gasteiger partial charge in [0.05, 0.1) is 5.69 Å². The van der Waals surface area contributed by atoms with Gasteiger partial charge in [-0.2, -0.15) is 8.78 Å². The van der Waals surface area contributed by atoms with Crippen LogP contribution in [0.4, 0.5) is 14.5 Å². The number of carbonyl (C=O) groups excluding carboxylic acids is 1. The van der Waals surface area contributed by atoms with Crippen molar-refractivity contribution < 1.29 is 18.3 Å². The Morgan fingerprint density at radius 2 is 2.00 bits per heavy atom.